The third kappa shape index (κ3) is 4.02. The van der Waals surface area contributed by atoms with Crippen LogP contribution in [0, 0.1) is 6.92 Å². The number of anilines is 1. The lowest BCUT2D eigenvalue weighted by Gasteiger charge is -2.33. The fraction of sp³-hybridized carbons (Fsp3) is 0.450. The Labute approximate surface area is 158 Å². The molecular formula is C20H25N5S. The Kier molecular flexibility index (Phi) is 5.41. The van der Waals surface area contributed by atoms with Crippen LogP contribution < -0.4 is 10.2 Å². The summed E-state index contributed by atoms with van der Waals surface area (Å²) >= 11 is 1.70. The number of aryl methyl sites for hydroxylation is 2. The summed E-state index contributed by atoms with van der Waals surface area (Å²) in [6.45, 7) is 5.18. The second-order valence-electron chi connectivity index (χ2n) is 6.91. The van der Waals surface area contributed by atoms with Crippen LogP contribution in [0.3, 0.4) is 0 Å². The molecule has 0 saturated carbocycles. The third-order valence-corrected chi connectivity index (χ3v) is 5.84. The van der Waals surface area contributed by atoms with Crippen LogP contribution in [0.1, 0.15) is 30.7 Å². The van der Waals surface area contributed by atoms with Crippen LogP contribution in [0.4, 0.5) is 5.82 Å². The first kappa shape index (κ1) is 17.4. The normalized spacial score (nSPS) is 15.7. The lowest BCUT2D eigenvalue weighted by molar-refractivity contribution is 0.412. The van der Waals surface area contributed by atoms with Gasteiger partial charge in [0, 0.05) is 31.5 Å². The van der Waals surface area contributed by atoms with Gasteiger partial charge in [-0.3, -0.25) is 4.98 Å². The smallest absolute Gasteiger partial charge is 0.141 e. The van der Waals surface area contributed by atoms with Crippen molar-refractivity contribution in [3.8, 4) is 0 Å². The van der Waals surface area contributed by atoms with E-state index >= 15 is 0 Å². The SMILES string of the molecule is Cc1nc(N2CCC(NCCCc3ccncc3)CC2)c2ccsc2n1. The van der Waals surface area contributed by atoms with Gasteiger partial charge in [-0.2, -0.15) is 0 Å². The second-order valence-corrected chi connectivity index (χ2v) is 7.80. The van der Waals surface area contributed by atoms with E-state index < -0.39 is 0 Å². The molecule has 1 N–H and O–H groups in total. The Bertz CT molecular complexity index is 840. The van der Waals surface area contributed by atoms with Crippen LogP contribution in [0.25, 0.3) is 10.2 Å². The minimum Gasteiger partial charge on any atom is -0.356 e. The number of fused-ring (bicyclic) bond motifs is 1. The van der Waals surface area contributed by atoms with Gasteiger partial charge in [0.15, 0.2) is 0 Å². The van der Waals surface area contributed by atoms with Crippen molar-refractivity contribution >= 4 is 27.4 Å². The molecule has 0 unspecified atom stereocenters. The summed E-state index contributed by atoms with van der Waals surface area (Å²) in [5.41, 5.74) is 1.37. The molecule has 6 heteroatoms. The maximum absolute atomic E-state index is 4.73. The highest BCUT2D eigenvalue weighted by Crippen LogP contribution is 2.29. The van der Waals surface area contributed by atoms with Crippen LogP contribution >= 0.6 is 11.3 Å². The molecule has 1 fully saturated rings. The minimum absolute atomic E-state index is 0.615. The summed E-state index contributed by atoms with van der Waals surface area (Å²) in [5.74, 6) is 1.98. The summed E-state index contributed by atoms with van der Waals surface area (Å²) in [6.07, 6.45) is 8.37. The van der Waals surface area contributed by atoms with E-state index in [1.165, 1.54) is 30.2 Å². The molecule has 4 rings (SSSR count). The lowest BCUT2D eigenvalue weighted by Crippen LogP contribution is -2.43. The van der Waals surface area contributed by atoms with E-state index in [-0.39, 0.29) is 0 Å². The van der Waals surface area contributed by atoms with E-state index in [0.717, 1.165) is 42.5 Å². The molecule has 3 aromatic rings. The molecule has 0 spiro atoms. The molecule has 136 valence electrons. The predicted octanol–water partition coefficient (Wildman–Crippen LogP) is 3.59. The van der Waals surface area contributed by atoms with Crippen LogP contribution in [0.5, 0.6) is 0 Å². The zero-order valence-electron chi connectivity index (χ0n) is 15.2. The monoisotopic (exact) mass is 367 g/mol. The van der Waals surface area contributed by atoms with Crippen LogP contribution in [0.2, 0.25) is 0 Å². The van der Waals surface area contributed by atoms with Crippen molar-refractivity contribution in [3.05, 3.63) is 47.4 Å². The van der Waals surface area contributed by atoms with E-state index in [9.17, 15) is 0 Å². The molecule has 0 aromatic carbocycles. The highest BCUT2D eigenvalue weighted by atomic mass is 32.1. The van der Waals surface area contributed by atoms with E-state index in [2.05, 4.69) is 43.8 Å². The first-order valence-electron chi connectivity index (χ1n) is 9.39. The Morgan fingerprint density at radius 1 is 1.15 bits per heavy atom. The summed E-state index contributed by atoms with van der Waals surface area (Å²) in [7, 11) is 0. The van der Waals surface area contributed by atoms with Gasteiger partial charge in [-0.1, -0.05) is 0 Å². The Hall–Kier alpha value is -2.05. The molecule has 26 heavy (non-hydrogen) atoms. The first-order valence-corrected chi connectivity index (χ1v) is 10.3. The predicted molar refractivity (Wildman–Crippen MR) is 108 cm³/mol. The molecule has 0 amide bonds. The van der Waals surface area contributed by atoms with Gasteiger partial charge in [-0.05, 0) is 68.3 Å². The fourth-order valence-corrected chi connectivity index (χ4v) is 4.43. The molecular weight excluding hydrogens is 342 g/mol. The van der Waals surface area contributed by atoms with Gasteiger partial charge in [-0.15, -0.1) is 11.3 Å². The largest absolute Gasteiger partial charge is 0.356 e. The van der Waals surface area contributed by atoms with Gasteiger partial charge in [0.25, 0.3) is 0 Å². The van der Waals surface area contributed by atoms with Gasteiger partial charge in [-0.25, -0.2) is 9.97 Å². The van der Waals surface area contributed by atoms with E-state index in [1.54, 1.807) is 11.3 Å². The number of rotatable bonds is 6. The summed E-state index contributed by atoms with van der Waals surface area (Å²) in [4.78, 5) is 16.9. The van der Waals surface area contributed by atoms with E-state index in [1.807, 2.05) is 19.3 Å². The molecule has 0 aliphatic carbocycles. The number of pyridine rings is 1. The summed E-state index contributed by atoms with van der Waals surface area (Å²) < 4.78 is 0. The lowest BCUT2D eigenvalue weighted by atomic mass is 10.0. The number of piperidine rings is 1. The van der Waals surface area contributed by atoms with Crippen molar-refractivity contribution in [1.29, 1.82) is 0 Å². The Balaban J connectivity index is 1.27. The molecule has 0 radical (unpaired) electrons. The number of hydrogen-bond donors (Lipinski definition) is 1. The zero-order valence-corrected chi connectivity index (χ0v) is 16.0. The highest BCUT2D eigenvalue weighted by molar-refractivity contribution is 7.16. The third-order valence-electron chi connectivity index (χ3n) is 5.04. The molecule has 1 aliphatic rings. The summed E-state index contributed by atoms with van der Waals surface area (Å²) in [6, 6.07) is 6.98. The molecule has 5 nitrogen and oxygen atoms in total. The maximum Gasteiger partial charge on any atom is 0.141 e. The van der Waals surface area contributed by atoms with Crippen LogP contribution in [0.15, 0.2) is 36.0 Å². The fourth-order valence-electron chi connectivity index (χ4n) is 3.63. The summed E-state index contributed by atoms with van der Waals surface area (Å²) in [5, 5.41) is 7.04. The van der Waals surface area contributed by atoms with Gasteiger partial charge in [0.2, 0.25) is 0 Å². The van der Waals surface area contributed by atoms with Gasteiger partial charge in [0.1, 0.15) is 16.5 Å². The molecule has 4 heterocycles. The van der Waals surface area contributed by atoms with Gasteiger partial charge >= 0.3 is 0 Å². The van der Waals surface area contributed by atoms with Crippen molar-refractivity contribution in [3.63, 3.8) is 0 Å². The van der Waals surface area contributed by atoms with Crippen molar-refractivity contribution in [2.75, 3.05) is 24.5 Å². The Morgan fingerprint density at radius 3 is 2.77 bits per heavy atom. The quantitative estimate of drug-likeness (QED) is 0.675. The highest BCUT2D eigenvalue weighted by Gasteiger charge is 2.22. The zero-order chi connectivity index (χ0) is 17.8. The van der Waals surface area contributed by atoms with E-state index in [4.69, 9.17) is 4.98 Å². The molecule has 3 aromatic heterocycles. The van der Waals surface area contributed by atoms with E-state index in [0.29, 0.717) is 6.04 Å². The molecule has 1 aliphatic heterocycles. The number of nitrogens with zero attached hydrogens (tertiary/aromatic N) is 4. The molecule has 0 atom stereocenters. The van der Waals surface area contributed by atoms with Gasteiger partial charge < -0.3 is 10.2 Å². The van der Waals surface area contributed by atoms with Crippen molar-refractivity contribution in [1.82, 2.24) is 20.3 Å². The van der Waals surface area contributed by atoms with Crippen molar-refractivity contribution in [2.24, 2.45) is 0 Å². The van der Waals surface area contributed by atoms with Gasteiger partial charge in [0.05, 0.1) is 5.39 Å². The van der Waals surface area contributed by atoms with Crippen molar-refractivity contribution < 1.29 is 0 Å². The standard InChI is InChI=1S/C20H25N5S/c1-15-23-19(18-8-14-26-20(18)24-15)25-12-6-17(7-13-25)22-9-2-3-16-4-10-21-11-5-16/h4-5,8,10-11,14,17,22H,2-3,6-7,9,12-13H2,1H3. The van der Waals surface area contributed by atoms with Crippen LogP contribution in [-0.2, 0) is 6.42 Å². The second kappa shape index (κ2) is 8.10. The number of hydrogen-bond acceptors (Lipinski definition) is 6. The average Bonchev–Trinajstić information content (AvgIpc) is 3.14. The average molecular weight is 368 g/mol. The maximum atomic E-state index is 4.73. The minimum atomic E-state index is 0.615. The Morgan fingerprint density at radius 2 is 1.96 bits per heavy atom. The number of aromatic nitrogens is 3. The van der Waals surface area contributed by atoms with Crippen LogP contribution in [-0.4, -0.2) is 40.6 Å². The molecule has 0 bridgehead atoms. The number of thiophene rings is 1. The molecule has 1 saturated heterocycles. The van der Waals surface area contributed by atoms with Crippen molar-refractivity contribution in [2.45, 2.75) is 38.6 Å². The number of nitrogens with one attached hydrogen (secondary N) is 1. The topological polar surface area (TPSA) is 53.9 Å². The first-order chi connectivity index (χ1) is 12.8.